The average Bonchev–Trinajstić information content (AvgIpc) is 3.10. The zero-order chi connectivity index (χ0) is 17.8. The molecule has 0 aliphatic rings. The van der Waals surface area contributed by atoms with E-state index in [0.29, 0.717) is 23.5 Å². The summed E-state index contributed by atoms with van der Waals surface area (Å²) >= 11 is 0. The van der Waals surface area contributed by atoms with E-state index < -0.39 is 0 Å². The smallest absolute Gasteiger partial charge is 0.242 e. The molecule has 0 radical (unpaired) electrons. The van der Waals surface area contributed by atoms with Crippen LogP contribution in [0.3, 0.4) is 0 Å². The summed E-state index contributed by atoms with van der Waals surface area (Å²) in [4.78, 5) is 31.5. The van der Waals surface area contributed by atoms with Gasteiger partial charge in [0.2, 0.25) is 5.91 Å². The van der Waals surface area contributed by atoms with E-state index >= 15 is 0 Å². The van der Waals surface area contributed by atoms with Crippen molar-refractivity contribution in [2.75, 3.05) is 32.6 Å². The summed E-state index contributed by atoms with van der Waals surface area (Å²) in [6, 6.07) is 7.68. The number of hydrogen-bond donors (Lipinski definition) is 1. The second-order valence-corrected chi connectivity index (χ2v) is 5.76. The van der Waals surface area contributed by atoms with E-state index in [1.807, 2.05) is 31.3 Å². The van der Waals surface area contributed by atoms with Crippen molar-refractivity contribution in [2.24, 2.45) is 0 Å². The number of fused-ring (bicyclic) bond motifs is 1. The van der Waals surface area contributed by atoms with Crippen molar-refractivity contribution in [3.63, 3.8) is 0 Å². The minimum absolute atomic E-state index is 0.0170. The summed E-state index contributed by atoms with van der Waals surface area (Å²) in [7, 11) is 5.22. The third-order valence-corrected chi connectivity index (χ3v) is 3.92. The van der Waals surface area contributed by atoms with Gasteiger partial charge in [-0.25, -0.2) is 15.0 Å². The summed E-state index contributed by atoms with van der Waals surface area (Å²) in [5.74, 6) is 1.40. The number of amides is 1. The molecule has 0 bridgehead atoms. The normalized spacial score (nSPS) is 10.7. The summed E-state index contributed by atoms with van der Waals surface area (Å²) in [5.41, 5.74) is 2.30. The highest BCUT2D eigenvalue weighted by Crippen LogP contribution is 2.18. The number of H-pyrrole nitrogens is 1. The average molecular weight is 340 g/mol. The van der Waals surface area contributed by atoms with Crippen LogP contribution in [0, 0.1) is 0 Å². The number of carbonyl (C=O) groups is 1. The summed E-state index contributed by atoms with van der Waals surface area (Å²) in [5, 5.41) is 0. The van der Waals surface area contributed by atoms with Crippen LogP contribution in [0.1, 0.15) is 5.56 Å². The predicted molar refractivity (Wildman–Crippen MR) is 94.4 cm³/mol. The van der Waals surface area contributed by atoms with Crippen LogP contribution >= 0.6 is 0 Å². The van der Waals surface area contributed by atoms with Crippen LogP contribution in [0.5, 0.6) is 5.75 Å². The molecule has 1 aromatic carbocycles. The molecule has 0 fully saturated rings. The quantitative estimate of drug-likeness (QED) is 0.731. The minimum atomic E-state index is -0.0170. The highest BCUT2D eigenvalue weighted by atomic mass is 16.5. The molecule has 0 aliphatic heterocycles. The molecule has 1 amide bonds. The number of carbonyl (C=O) groups excluding carboxylic acids is 1. The maximum absolute atomic E-state index is 12.5. The number of benzene rings is 1. The molecule has 0 spiro atoms. The standard InChI is InChI=1S/C17H20N6O2/c1-22(8-12-5-4-6-13(7-12)25-3)14(24)9-23(2)17-15-16(19-10-18-15)20-11-21-17/h4-7,10-11H,8-9H2,1-3H3,(H,18,19,20,21). The Kier molecular flexibility index (Phi) is 4.78. The van der Waals surface area contributed by atoms with Crippen LogP contribution in [0.25, 0.3) is 11.2 Å². The number of ether oxygens (including phenoxy) is 1. The summed E-state index contributed by atoms with van der Waals surface area (Å²) < 4.78 is 5.22. The molecule has 0 saturated carbocycles. The molecule has 3 aromatic rings. The molecule has 8 heteroatoms. The molecule has 0 aliphatic carbocycles. The van der Waals surface area contributed by atoms with Crippen LogP contribution in [0.4, 0.5) is 5.82 Å². The lowest BCUT2D eigenvalue weighted by molar-refractivity contribution is -0.128. The van der Waals surface area contributed by atoms with Gasteiger partial charge in [-0.1, -0.05) is 12.1 Å². The van der Waals surface area contributed by atoms with E-state index in [9.17, 15) is 4.79 Å². The molecule has 130 valence electrons. The number of hydrogen-bond acceptors (Lipinski definition) is 6. The predicted octanol–water partition coefficient (Wildman–Crippen LogP) is 1.46. The second kappa shape index (κ2) is 7.16. The van der Waals surface area contributed by atoms with Crippen molar-refractivity contribution in [1.82, 2.24) is 24.8 Å². The van der Waals surface area contributed by atoms with E-state index in [1.165, 1.54) is 6.33 Å². The van der Waals surface area contributed by atoms with Gasteiger partial charge in [0.1, 0.15) is 17.6 Å². The highest BCUT2D eigenvalue weighted by Gasteiger charge is 2.16. The number of imidazole rings is 1. The molecular weight excluding hydrogens is 320 g/mol. The van der Waals surface area contributed by atoms with E-state index in [-0.39, 0.29) is 12.5 Å². The lowest BCUT2D eigenvalue weighted by Crippen LogP contribution is -2.36. The number of likely N-dealkylation sites (N-methyl/N-ethyl adjacent to an activating group) is 2. The summed E-state index contributed by atoms with van der Waals surface area (Å²) in [6.45, 7) is 0.707. The zero-order valence-electron chi connectivity index (χ0n) is 14.4. The van der Waals surface area contributed by atoms with E-state index in [0.717, 1.165) is 11.3 Å². The Morgan fingerprint density at radius 3 is 2.88 bits per heavy atom. The number of rotatable bonds is 6. The van der Waals surface area contributed by atoms with Gasteiger partial charge < -0.3 is 19.5 Å². The van der Waals surface area contributed by atoms with Gasteiger partial charge in [0.05, 0.1) is 20.0 Å². The van der Waals surface area contributed by atoms with Crippen LogP contribution < -0.4 is 9.64 Å². The first-order valence-electron chi connectivity index (χ1n) is 7.80. The Hall–Kier alpha value is -3.16. The topological polar surface area (TPSA) is 87.2 Å². The van der Waals surface area contributed by atoms with Crippen molar-refractivity contribution >= 4 is 22.9 Å². The highest BCUT2D eigenvalue weighted by molar-refractivity contribution is 5.86. The Labute approximate surface area is 145 Å². The lowest BCUT2D eigenvalue weighted by atomic mass is 10.2. The Morgan fingerprint density at radius 2 is 2.08 bits per heavy atom. The van der Waals surface area contributed by atoms with Gasteiger partial charge in [0, 0.05) is 20.6 Å². The van der Waals surface area contributed by atoms with E-state index in [1.54, 1.807) is 30.3 Å². The van der Waals surface area contributed by atoms with Gasteiger partial charge in [-0.05, 0) is 17.7 Å². The molecule has 0 atom stereocenters. The van der Waals surface area contributed by atoms with E-state index in [4.69, 9.17) is 4.74 Å². The molecule has 8 nitrogen and oxygen atoms in total. The molecule has 2 heterocycles. The van der Waals surface area contributed by atoms with Crippen molar-refractivity contribution in [1.29, 1.82) is 0 Å². The Morgan fingerprint density at radius 1 is 1.24 bits per heavy atom. The molecule has 0 unspecified atom stereocenters. The Balaban J connectivity index is 1.67. The van der Waals surface area contributed by atoms with Crippen LogP contribution in [0.15, 0.2) is 36.9 Å². The van der Waals surface area contributed by atoms with Gasteiger partial charge in [-0.2, -0.15) is 0 Å². The van der Waals surface area contributed by atoms with Crippen LogP contribution in [0.2, 0.25) is 0 Å². The molecule has 3 rings (SSSR count). The maximum Gasteiger partial charge on any atom is 0.242 e. The minimum Gasteiger partial charge on any atom is -0.497 e. The monoisotopic (exact) mass is 340 g/mol. The van der Waals surface area contributed by atoms with Crippen molar-refractivity contribution < 1.29 is 9.53 Å². The first-order valence-corrected chi connectivity index (χ1v) is 7.80. The lowest BCUT2D eigenvalue weighted by Gasteiger charge is -2.23. The van der Waals surface area contributed by atoms with Crippen molar-refractivity contribution in [2.45, 2.75) is 6.54 Å². The van der Waals surface area contributed by atoms with Gasteiger partial charge in [0.15, 0.2) is 11.5 Å². The number of nitrogens with one attached hydrogen (secondary N) is 1. The molecule has 0 saturated heterocycles. The summed E-state index contributed by atoms with van der Waals surface area (Å²) in [6.07, 6.45) is 3.01. The van der Waals surface area contributed by atoms with Crippen molar-refractivity contribution in [3.05, 3.63) is 42.5 Å². The third-order valence-electron chi connectivity index (χ3n) is 3.92. The number of methoxy groups -OCH3 is 1. The van der Waals surface area contributed by atoms with Gasteiger partial charge in [-0.15, -0.1) is 0 Å². The number of anilines is 1. The van der Waals surface area contributed by atoms with Crippen LogP contribution in [-0.4, -0.2) is 58.5 Å². The largest absolute Gasteiger partial charge is 0.497 e. The first kappa shape index (κ1) is 16.7. The maximum atomic E-state index is 12.5. The fourth-order valence-electron chi connectivity index (χ4n) is 2.57. The van der Waals surface area contributed by atoms with Gasteiger partial charge in [-0.3, -0.25) is 4.79 Å². The second-order valence-electron chi connectivity index (χ2n) is 5.76. The van der Waals surface area contributed by atoms with E-state index in [2.05, 4.69) is 19.9 Å². The fourth-order valence-corrected chi connectivity index (χ4v) is 2.57. The Bertz CT molecular complexity index is 878. The van der Waals surface area contributed by atoms with Crippen molar-refractivity contribution in [3.8, 4) is 5.75 Å². The number of aromatic amines is 1. The van der Waals surface area contributed by atoms with Gasteiger partial charge in [0.25, 0.3) is 0 Å². The van der Waals surface area contributed by atoms with Gasteiger partial charge >= 0.3 is 0 Å². The molecule has 2 aromatic heterocycles. The fraction of sp³-hybridized carbons (Fsp3) is 0.294. The van der Waals surface area contributed by atoms with Crippen LogP contribution in [-0.2, 0) is 11.3 Å². The number of nitrogens with zero attached hydrogens (tertiary/aromatic N) is 5. The third kappa shape index (κ3) is 3.68. The SMILES string of the molecule is COc1cccc(CN(C)C(=O)CN(C)c2ncnc3nc[nH]c23)c1. The number of aromatic nitrogens is 4. The molecular formula is C17H20N6O2. The zero-order valence-corrected chi connectivity index (χ0v) is 14.4. The molecule has 1 N–H and O–H groups in total. The molecule has 25 heavy (non-hydrogen) atoms. The first-order chi connectivity index (χ1) is 12.1.